The molecule has 0 atom stereocenters. The van der Waals surface area contributed by atoms with Crippen molar-refractivity contribution in [1.82, 2.24) is 0 Å². The number of benzene rings is 4. The molecule has 0 bridgehead atoms. The smallest absolute Gasteiger partial charge is 1.00 e. The van der Waals surface area contributed by atoms with Crippen molar-refractivity contribution < 1.29 is 31.6 Å². The monoisotopic (exact) mass is 600 g/mol. The predicted octanol–water partition coefficient (Wildman–Crippen LogP) is 4.56. The summed E-state index contributed by atoms with van der Waals surface area (Å²) in [5.41, 5.74) is 6.41. The molecule has 4 rings (SSSR count). The molecule has 0 aliphatic heterocycles. The maximum Gasteiger partial charge on any atom is 2.00 e. The average molecular weight is 602 g/mol. The van der Waals surface area contributed by atoms with E-state index in [-0.39, 0.29) is 53.4 Å². The first-order valence-corrected chi connectivity index (χ1v) is 11.8. The Morgan fingerprint density at radius 2 is 1.18 bits per heavy atom. The summed E-state index contributed by atoms with van der Waals surface area (Å²) in [4.78, 5) is 11.7. The molecule has 0 fully saturated rings. The molecule has 0 saturated heterocycles. The fraction of sp³-hybridized carbons (Fsp3) is 0.188. The normalized spacial score (nSPS) is 9.79. The van der Waals surface area contributed by atoms with E-state index in [1.165, 1.54) is 7.11 Å². The van der Waals surface area contributed by atoms with Gasteiger partial charge in [0.1, 0.15) is 0 Å². The van der Waals surface area contributed by atoms with Crippen LogP contribution in [0.25, 0.3) is 0 Å². The van der Waals surface area contributed by atoms with Crippen molar-refractivity contribution in [3.8, 4) is 0 Å². The van der Waals surface area contributed by atoms with E-state index in [9.17, 15) is 9.90 Å². The Morgan fingerprint density at radius 3 is 1.64 bits per heavy atom. The number of rotatable bonds is 6. The molecule has 0 spiro atoms. The molecule has 0 heterocycles. The number of aliphatic hydroxyl groups is 1. The van der Waals surface area contributed by atoms with Crippen molar-refractivity contribution in [2.45, 2.75) is 33.3 Å². The first-order chi connectivity index (χ1) is 17.2. The Balaban J connectivity index is 0.000000688. The zero-order valence-corrected chi connectivity index (χ0v) is 26.6. The molecule has 202 valence electrons. The van der Waals surface area contributed by atoms with Gasteiger partial charge < -0.3 is 44.9 Å². The van der Waals surface area contributed by atoms with Crippen molar-refractivity contribution in [3.63, 3.8) is 0 Å². The van der Waals surface area contributed by atoms with Crippen LogP contribution in [0.4, 0.5) is 22.7 Å². The molecule has 0 aliphatic rings. The molecule has 4 aromatic carbocycles. The zero-order chi connectivity index (χ0) is 26.1. The molecule has 39 heavy (non-hydrogen) atoms. The molecular formula is C32H37BrMgN2O3. The Labute approximate surface area is 259 Å². The predicted molar refractivity (Wildman–Crippen MR) is 161 cm³/mol. The van der Waals surface area contributed by atoms with Crippen molar-refractivity contribution in [2.24, 2.45) is 0 Å². The molecule has 4 aromatic rings. The van der Waals surface area contributed by atoms with Gasteiger partial charge >= 0.3 is 29.0 Å². The van der Waals surface area contributed by atoms with Gasteiger partial charge in [-0.3, -0.25) is 0 Å². The molecule has 0 radical (unpaired) electrons. The van der Waals surface area contributed by atoms with Crippen LogP contribution in [0.15, 0.2) is 97.1 Å². The Morgan fingerprint density at radius 1 is 0.744 bits per heavy atom. The number of ether oxygens (including phenoxy) is 1. The number of hydrogen-bond donors (Lipinski definition) is 3. The van der Waals surface area contributed by atoms with E-state index in [1.807, 2.05) is 111 Å². The number of para-hydroxylation sites is 2. The first-order valence-electron chi connectivity index (χ1n) is 11.8. The summed E-state index contributed by atoms with van der Waals surface area (Å²) < 4.78 is 4.79. The quantitative estimate of drug-likeness (QED) is 0.172. The summed E-state index contributed by atoms with van der Waals surface area (Å²) in [5.74, 6) is -0.336. The molecule has 5 nitrogen and oxygen atoms in total. The molecule has 0 amide bonds. The molecule has 0 unspecified atom stereocenters. The summed E-state index contributed by atoms with van der Waals surface area (Å²) in [6.07, 6.45) is 0. The van der Waals surface area contributed by atoms with Gasteiger partial charge in [0.2, 0.25) is 0 Å². The molecular weight excluding hydrogens is 565 g/mol. The van der Waals surface area contributed by atoms with E-state index in [0.717, 1.165) is 39.4 Å². The van der Waals surface area contributed by atoms with Crippen molar-refractivity contribution in [3.05, 3.63) is 127 Å². The van der Waals surface area contributed by atoms with Crippen LogP contribution in [0, 0.1) is 21.3 Å². The van der Waals surface area contributed by atoms with Crippen molar-refractivity contribution in [1.29, 1.82) is 0 Å². The third-order valence-corrected chi connectivity index (χ3v) is 5.52. The summed E-state index contributed by atoms with van der Waals surface area (Å²) in [7, 11) is 1.39. The van der Waals surface area contributed by atoms with Gasteiger partial charge in [0, 0.05) is 22.6 Å². The number of nitrogens with one attached hydrogen (secondary N) is 2. The largest absolute Gasteiger partial charge is 2.00 e. The Bertz CT molecular complexity index is 1290. The number of aryl methyl sites for hydroxylation is 2. The third kappa shape index (κ3) is 11.0. The Kier molecular flexibility index (Phi) is 15.7. The maximum absolute atomic E-state index is 11.7. The van der Waals surface area contributed by atoms with Crippen LogP contribution in [0.3, 0.4) is 0 Å². The summed E-state index contributed by atoms with van der Waals surface area (Å²) in [6.45, 7) is 7.58. The average Bonchev–Trinajstić information content (AvgIpc) is 2.87. The molecule has 0 saturated carbocycles. The number of carbonyl (C=O) groups is 1. The van der Waals surface area contributed by atoms with Gasteiger partial charge in [-0.1, -0.05) is 65.7 Å². The van der Waals surface area contributed by atoms with Crippen molar-refractivity contribution >= 4 is 51.8 Å². The van der Waals surface area contributed by atoms with Crippen LogP contribution in [0.5, 0.6) is 0 Å². The van der Waals surface area contributed by atoms with E-state index in [4.69, 9.17) is 4.74 Å². The zero-order valence-electron chi connectivity index (χ0n) is 23.6. The van der Waals surface area contributed by atoms with Gasteiger partial charge in [-0.15, -0.1) is 0 Å². The van der Waals surface area contributed by atoms with Crippen LogP contribution >= 0.6 is 0 Å². The minimum atomic E-state index is -0.858. The van der Waals surface area contributed by atoms with Gasteiger partial charge in [0.05, 0.1) is 24.0 Å². The van der Waals surface area contributed by atoms with Gasteiger partial charge in [-0.25, -0.2) is 4.79 Å². The van der Waals surface area contributed by atoms with E-state index in [1.54, 1.807) is 13.8 Å². The number of anilines is 4. The first kappa shape index (κ1) is 36.2. The van der Waals surface area contributed by atoms with Gasteiger partial charge in [-0.05, 0) is 70.2 Å². The van der Waals surface area contributed by atoms with Crippen LogP contribution < -0.4 is 27.6 Å². The third-order valence-electron chi connectivity index (χ3n) is 5.52. The minimum absolute atomic E-state index is 0. The van der Waals surface area contributed by atoms with E-state index < -0.39 is 5.60 Å². The van der Waals surface area contributed by atoms with Crippen LogP contribution in [-0.4, -0.2) is 41.2 Å². The molecule has 0 aliphatic carbocycles. The fourth-order valence-electron chi connectivity index (χ4n) is 3.67. The summed E-state index contributed by atoms with van der Waals surface area (Å²) in [5, 5.41) is 16.8. The second-order valence-electron chi connectivity index (χ2n) is 9.13. The Hall–Kier alpha value is -2.84. The van der Waals surface area contributed by atoms with E-state index in [2.05, 4.69) is 10.6 Å². The summed E-state index contributed by atoms with van der Waals surface area (Å²) in [6, 6.07) is 31.4. The van der Waals surface area contributed by atoms with Crippen LogP contribution in [0.1, 0.15) is 40.9 Å². The fourth-order valence-corrected chi connectivity index (χ4v) is 3.67. The van der Waals surface area contributed by atoms with E-state index in [0.29, 0.717) is 5.56 Å². The van der Waals surface area contributed by atoms with E-state index >= 15 is 0 Å². The number of hydrogen-bond acceptors (Lipinski definition) is 5. The van der Waals surface area contributed by atoms with Gasteiger partial charge in [0.25, 0.3) is 0 Å². The number of methoxy groups -OCH3 is 1. The van der Waals surface area contributed by atoms with Crippen molar-refractivity contribution in [2.75, 3.05) is 17.7 Å². The molecule has 3 N–H and O–H groups in total. The summed E-state index contributed by atoms with van der Waals surface area (Å²) >= 11 is 0. The molecule has 7 heteroatoms. The van der Waals surface area contributed by atoms with Crippen LogP contribution in [0.2, 0.25) is 0 Å². The number of halogens is 1. The standard InChI is InChI=1S/C16H19NO.C15H15NO2.CH3.BrH.Mg/c1-12-9-10-15(14(11-12)16(2,3)18)17-13-7-5-4-6-8-13;1-11-8-9-14(13(10-11)15(17)18-2)16-12-6-4-3-5-7-12;;;/h4-11,17-18H,1-3H3;3-10,16H,1-2H3;1H3;1H;/q;;-1;;+2/p-1. The molecule has 0 aromatic heterocycles. The number of carbonyl (C=O) groups excluding carboxylic acids is 1. The van der Waals surface area contributed by atoms with Gasteiger partial charge in [-0.2, -0.15) is 0 Å². The second kappa shape index (κ2) is 17.0. The van der Waals surface area contributed by atoms with Gasteiger partial charge in [0.15, 0.2) is 0 Å². The number of esters is 1. The minimum Gasteiger partial charge on any atom is -1.00 e. The van der Waals surface area contributed by atoms with Crippen LogP contribution in [-0.2, 0) is 10.3 Å². The maximum atomic E-state index is 11.7. The second-order valence-corrected chi connectivity index (χ2v) is 9.13. The topological polar surface area (TPSA) is 70.6 Å². The SMILES string of the molecule is COC(=O)c1cc(C)ccc1Nc1ccccc1.Cc1ccc(Nc2ccccc2)c(C(C)(C)O)c1.[Br-].[CH3-].[Mg+2].